The molecule has 0 spiro atoms. The summed E-state index contributed by atoms with van der Waals surface area (Å²) in [6.45, 7) is 5.42. The predicted octanol–water partition coefficient (Wildman–Crippen LogP) is 2.66. The summed E-state index contributed by atoms with van der Waals surface area (Å²) in [5.74, 6) is -0.153. The largest absolute Gasteiger partial charge is 0.377 e. The molecule has 8 nitrogen and oxygen atoms in total. The van der Waals surface area contributed by atoms with Crippen molar-refractivity contribution < 1.29 is 33.2 Å². The van der Waals surface area contributed by atoms with E-state index in [1.165, 1.54) is 15.9 Å². The van der Waals surface area contributed by atoms with Gasteiger partial charge in [0, 0.05) is 12.1 Å². The first kappa shape index (κ1) is 31.3. The van der Waals surface area contributed by atoms with Crippen LogP contribution >= 0.6 is 7.92 Å². The van der Waals surface area contributed by atoms with E-state index in [2.05, 4.69) is 66.0 Å². The molecule has 4 rings (SSSR count). The first-order valence-electron chi connectivity index (χ1n) is 14.1. The highest BCUT2D eigenvalue weighted by Crippen LogP contribution is 2.32. The van der Waals surface area contributed by atoms with Crippen molar-refractivity contribution in [1.82, 2.24) is 5.32 Å². The Morgan fingerprint density at radius 3 is 1.54 bits per heavy atom. The van der Waals surface area contributed by atoms with Crippen molar-refractivity contribution >= 4 is 29.7 Å². The van der Waals surface area contributed by atoms with Gasteiger partial charge in [-0.25, -0.2) is 0 Å². The number of hydrogen-bond donors (Lipinski definition) is 1. The number of benzene rings is 3. The lowest BCUT2D eigenvalue weighted by Gasteiger charge is -2.20. The van der Waals surface area contributed by atoms with E-state index in [4.69, 9.17) is 28.4 Å². The summed E-state index contributed by atoms with van der Waals surface area (Å²) >= 11 is 0. The smallest absolute Gasteiger partial charge is 0.251 e. The van der Waals surface area contributed by atoms with Crippen molar-refractivity contribution in [3.63, 3.8) is 0 Å². The number of rotatable bonds is 6. The van der Waals surface area contributed by atoms with E-state index in [9.17, 15) is 4.79 Å². The van der Waals surface area contributed by atoms with Crippen LogP contribution in [0, 0.1) is 0 Å². The molecule has 1 aliphatic heterocycles. The highest BCUT2D eigenvalue weighted by atomic mass is 31.1. The third kappa shape index (κ3) is 11.3. The topological polar surface area (TPSA) is 84.5 Å². The van der Waals surface area contributed by atoms with Gasteiger partial charge in [0.25, 0.3) is 5.91 Å². The van der Waals surface area contributed by atoms with E-state index in [0.29, 0.717) is 84.8 Å². The standard InChI is InChI=1S/C32H40NO7P/c34-32(33-25-28-26-39-22-21-37-18-17-35-15-16-36-19-20-38-23-24-40-28)27-11-13-31(14-12-27)41(29-7-3-1-4-8-29)30-9-5-2-6-10-30/h1-14,28H,15-26H2,(H,33,34). The van der Waals surface area contributed by atoms with Crippen molar-refractivity contribution in [2.45, 2.75) is 6.10 Å². The van der Waals surface area contributed by atoms with Crippen LogP contribution in [0.5, 0.6) is 0 Å². The summed E-state index contributed by atoms with van der Waals surface area (Å²) in [6, 6.07) is 28.9. The predicted molar refractivity (Wildman–Crippen MR) is 161 cm³/mol. The van der Waals surface area contributed by atoms with Crippen LogP contribution < -0.4 is 21.2 Å². The molecule has 1 heterocycles. The average Bonchev–Trinajstić information content (AvgIpc) is 3.02. The molecule has 3 aromatic carbocycles. The maximum atomic E-state index is 13.0. The maximum absolute atomic E-state index is 13.0. The zero-order chi connectivity index (χ0) is 28.4. The van der Waals surface area contributed by atoms with Gasteiger partial charge >= 0.3 is 0 Å². The van der Waals surface area contributed by atoms with Gasteiger partial charge in [0.2, 0.25) is 0 Å². The minimum absolute atomic E-state index is 0.153. The quantitative estimate of drug-likeness (QED) is 0.449. The Kier molecular flexibility index (Phi) is 14.3. The van der Waals surface area contributed by atoms with Crippen LogP contribution in [0.2, 0.25) is 0 Å². The van der Waals surface area contributed by atoms with Crippen molar-refractivity contribution in [1.29, 1.82) is 0 Å². The fourth-order valence-corrected chi connectivity index (χ4v) is 6.49. The molecular formula is C32H40NO7P. The summed E-state index contributed by atoms with van der Waals surface area (Å²) in [4.78, 5) is 13.0. The molecule has 1 amide bonds. The molecule has 0 aromatic heterocycles. The van der Waals surface area contributed by atoms with Crippen LogP contribution in [-0.2, 0) is 28.4 Å². The van der Waals surface area contributed by atoms with Crippen LogP contribution in [0.3, 0.4) is 0 Å². The summed E-state index contributed by atoms with van der Waals surface area (Å²) in [6.07, 6.45) is -0.315. The van der Waals surface area contributed by atoms with E-state index in [0.717, 1.165) is 0 Å². The second kappa shape index (κ2) is 18.7. The molecule has 1 unspecified atom stereocenters. The van der Waals surface area contributed by atoms with Gasteiger partial charge in [0.05, 0.1) is 78.8 Å². The Balaban J connectivity index is 1.32. The van der Waals surface area contributed by atoms with Gasteiger partial charge in [-0.2, -0.15) is 0 Å². The monoisotopic (exact) mass is 581 g/mol. The molecular weight excluding hydrogens is 541 g/mol. The Morgan fingerprint density at radius 2 is 1.02 bits per heavy atom. The lowest BCUT2D eigenvalue weighted by atomic mass is 10.2. The van der Waals surface area contributed by atoms with Gasteiger partial charge in [-0.1, -0.05) is 72.8 Å². The molecule has 0 saturated carbocycles. The first-order chi connectivity index (χ1) is 20.3. The molecule has 1 N–H and O–H groups in total. The zero-order valence-electron chi connectivity index (χ0n) is 23.5. The number of nitrogens with one attached hydrogen (secondary N) is 1. The van der Waals surface area contributed by atoms with Crippen molar-refractivity contribution in [2.24, 2.45) is 0 Å². The summed E-state index contributed by atoms with van der Waals surface area (Å²) in [5, 5.41) is 6.73. The number of carbonyl (C=O) groups excluding carboxylic acids is 1. The summed E-state index contributed by atoms with van der Waals surface area (Å²) in [5.41, 5.74) is 0.602. The third-order valence-corrected chi connectivity index (χ3v) is 8.72. The Bertz CT molecular complexity index is 1060. The maximum Gasteiger partial charge on any atom is 0.251 e. The van der Waals surface area contributed by atoms with Crippen LogP contribution in [0.4, 0.5) is 0 Å². The van der Waals surface area contributed by atoms with Crippen LogP contribution in [0.25, 0.3) is 0 Å². The van der Waals surface area contributed by atoms with Gasteiger partial charge in [-0.15, -0.1) is 0 Å². The second-order valence-electron chi connectivity index (χ2n) is 9.28. The molecule has 0 radical (unpaired) electrons. The highest BCUT2D eigenvalue weighted by molar-refractivity contribution is 7.79. The fourth-order valence-electron chi connectivity index (χ4n) is 4.21. The van der Waals surface area contributed by atoms with Gasteiger partial charge in [0.15, 0.2) is 0 Å². The molecule has 1 atom stereocenters. The molecule has 9 heteroatoms. The van der Waals surface area contributed by atoms with E-state index in [1.807, 2.05) is 24.3 Å². The summed E-state index contributed by atoms with van der Waals surface area (Å²) < 4.78 is 33.8. The Morgan fingerprint density at radius 1 is 0.585 bits per heavy atom. The van der Waals surface area contributed by atoms with E-state index >= 15 is 0 Å². The minimum atomic E-state index is -0.725. The molecule has 1 aliphatic rings. The van der Waals surface area contributed by atoms with Crippen molar-refractivity contribution in [3.05, 3.63) is 90.5 Å². The second-order valence-corrected chi connectivity index (χ2v) is 11.5. The molecule has 1 fully saturated rings. The van der Waals surface area contributed by atoms with Gasteiger partial charge in [-0.05, 0) is 36.0 Å². The lowest BCUT2D eigenvalue weighted by molar-refractivity contribution is -0.0590. The molecule has 1 saturated heterocycles. The van der Waals surface area contributed by atoms with Gasteiger partial charge < -0.3 is 33.7 Å². The van der Waals surface area contributed by atoms with E-state index in [1.54, 1.807) is 0 Å². The summed E-state index contributed by atoms with van der Waals surface area (Å²) in [7, 11) is -0.725. The Hall–Kier alpha value is -2.68. The molecule has 0 aliphatic carbocycles. The number of hydrogen-bond acceptors (Lipinski definition) is 7. The number of ether oxygens (including phenoxy) is 6. The normalized spacial score (nSPS) is 18.7. The fraction of sp³-hybridized carbons (Fsp3) is 0.406. The Labute approximate surface area is 244 Å². The number of carbonyl (C=O) groups is 1. The molecule has 3 aromatic rings. The van der Waals surface area contributed by atoms with Crippen molar-refractivity contribution in [3.8, 4) is 0 Å². The molecule has 220 valence electrons. The molecule has 0 bridgehead atoms. The highest BCUT2D eigenvalue weighted by Gasteiger charge is 2.18. The average molecular weight is 582 g/mol. The van der Waals surface area contributed by atoms with Crippen LogP contribution in [0.15, 0.2) is 84.9 Å². The minimum Gasteiger partial charge on any atom is -0.377 e. The van der Waals surface area contributed by atoms with Gasteiger partial charge in [-0.3, -0.25) is 4.79 Å². The number of amides is 1. The van der Waals surface area contributed by atoms with Crippen molar-refractivity contribution in [2.75, 3.05) is 79.2 Å². The SMILES string of the molecule is O=C(NCC1COCCOCCOCCOCCOCCO1)c1ccc(P(c2ccccc2)c2ccccc2)cc1. The van der Waals surface area contributed by atoms with E-state index in [-0.39, 0.29) is 12.0 Å². The zero-order valence-corrected chi connectivity index (χ0v) is 24.3. The molecule has 41 heavy (non-hydrogen) atoms. The lowest BCUT2D eigenvalue weighted by Crippen LogP contribution is -2.37. The van der Waals surface area contributed by atoms with E-state index < -0.39 is 7.92 Å². The van der Waals surface area contributed by atoms with Crippen LogP contribution in [0.1, 0.15) is 10.4 Å². The first-order valence-corrected chi connectivity index (χ1v) is 15.4. The van der Waals surface area contributed by atoms with Crippen LogP contribution in [-0.4, -0.2) is 91.2 Å². The van der Waals surface area contributed by atoms with Gasteiger partial charge in [0.1, 0.15) is 0 Å². The third-order valence-electron chi connectivity index (χ3n) is 6.28.